The minimum Gasteiger partial charge on any atom is -0.497 e. The Balaban J connectivity index is 1.28. The van der Waals surface area contributed by atoms with Crippen LogP contribution in [0.15, 0.2) is 73.1 Å². The number of amides is 2. The van der Waals surface area contributed by atoms with Gasteiger partial charge in [0.05, 0.1) is 18.5 Å². The third kappa shape index (κ3) is 4.37. The van der Waals surface area contributed by atoms with Crippen molar-refractivity contribution >= 4 is 28.9 Å². The van der Waals surface area contributed by atoms with Crippen LogP contribution in [-0.4, -0.2) is 28.5 Å². The Morgan fingerprint density at radius 3 is 2.65 bits per heavy atom. The number of benzene rings is 3. The molecule has 4 aromatic rings. The molecule has 0 spiro atoms. The van der Waals surface area contributed by atoms with E-state index in [0.29, 0.717) is 0 Å². The molecule has 2 amide bonds. The number of carbonyl (C=O) groups excluding carboxylic acids is 2. The van der Waals surface area contributed by atoms with E-state index in [0.717, 1.165) is 72.0 Å². The maximum absolute atomic E-state index is 13.2. The number of hydrogen-bond donors (Lipinski definition) is 1. The van der Waals surface area contributed by atoms with Gasteiger partial charge in [0, 0.05) is 30.2 Å². The van der Waals surface area contributed by atoms with E-state index in [4.69, 9.17) is 4.74 Å². The first-order chi connectivity index (χ1) is 18.1. The van der Waals surface area contributed by atoms with Crippen LogP contribution >= 0.6 is 0 Å². The highest BCUT2D eigenvalue weighted by atomic mass is 16.5. The second-order valence-corrected chi connectivity index (χ2v) is 9.49. The number of methoxy groups -OCH3 is 1. The second-order valence-electron chi connectivity index (χ2n) is 9.49. The van der Waals surface area contributed by atoms with E-state index in [1.165, 1.54) is 11.1 Å². The Hall–Kier alpha value is -4.39. The molecule has 3 aromatic carbocycles. The summed E-state index contributed by atoms with van der Waals surface area (Å²) in [4.78, 5) is 31.9. The fourth-order valence-corrected chi connectivity index (χ4v) is 5.40. The van der Waals surface area contributed by atoms with Crippen molar-refractivity contribution in [2.24, 2.45) is 0 Å². The number of rotatable bonds is 6. The van der Waals surface area contributed by atoms with Gasteiger partial charge in [-0.3, -0.25) is 14.5 Å². The number of aromatic nitrogens is 2. The monoisotopic (exact) mass is 492 g/mol. The third-order valence-corrected chi connectivity index (χ3v) is 7.20. The lowest BCUT2D eigenvalue weighted by atomic mass is 10.1. The molecule has 2 heterocycles. The molecule has 7 nitrogen and oxygen atoms in total. The molecule has 1 N–H and O–H groups in total. The van der Waals surface area contributed by atoms with Crippen LogP contribution in [0, 0.1) is 0 Å². The van der Waals surface area contributed by atoms with Gasteiger partial charge in [-0.05, 0) is 84.8 Å². The van der Waals surface area contributed by atoms with E-state index in [1.807, 2.05) is 54.7 Å². The fourth-order valence-electron chi connectivity index (χ4n) is 5.40. The largest absolute Gasteiger partial charge is 0.497 e. The highest BCUT2D eigenvalue weighted by molar-refractivity contribution is 6.17. The smallest absolute Gasteiger partial charge is 0.241 e. The molecule has 0 atom stereocenters. The van der Waals surface area contributed by atoms with Crippen molar-refractivity contribution in [3.63, 3.8) is 0 Å². The van der Waals surface area contributed by atoms with E-state index in [9.17, 15) is 9.59 Å². The lowest BCUT2D eigenvalue weighted by molar-refractivity contribution is -0.124. The first-order valence-electron chi connectivity index (χ1n) is 12.6. The van der Waals surface area contributed by atoms with E-state index in [1.54, 1.807) is 18.2 Å². The molecule has 0 saturated heterocycles. The molecule has 0 radical (unpaired) electrons. The number of ether oxygens (including phenoxy) is 1. The second kappa shape index (κ2) is 9.58. The lowest BCUT2D eigenvalue weighted by Crippen LogP contribution is -2.26. The van der Waals surface area contributed by atoms with Gasteiger partial charge in [0.2, 0.25) is 11.8 Å². The maximum Gasteiger partial charge on any atom is 0.241 e. The number of anilines is 3. The minimum atomic E-state index is -0.259. The summed E-state index contributed by atoms with van der Waals surface area (Å²) in [6.45, 7) is 0. The molecule has 7 heteroatoms. The molecule has 0 bridgehead atoms. The predicted octanol–water partition coefficient (Wildman–Crippen LogP) is 5.16. The van der Waals surface area contributed by atoms with Crippen LogP contribution in [0.5, 0.6) is 5.75 Å². The first-order valence-corrected chi connectivity index (χ1v) is 12.6. The van der Waals surface area contributed by atoms with E-state index < -0.39 is 0 Å². The average molecular weight is 493 g/mol. The van der Waals surface area contributed by atoms with Gasteiger partial charge in [-0.2, -0.15) is 0 Å². The number of fused-ring (bicyclic) bond motifs is 3. The average Bonchev–Trinajstić information content (AvgIpc) is 3.56. The van der Waals surface area contributed by atoms with Gasteiger partial charge in [0.15, 0.2) is 0 Å². The van der Waals surface area contributed by atoms with Crippen LogP contribution in [-0.2, 0) is 35.3 Å². The number of imidazole rings is 1. The Labute approximate surface area is 215 Å². The Kier molecular flexibility index (Phi) is 5.96. The fraction of sp³-hybridized carbons (Fsp3) is 0.233. The Morgan fingerprint density at radius 1 is 0.973 bits per heavy atom. The van der Waals surface area contributed by atoms with Gasteiger partial charge in [-0.15, -0.1) is 0 Å². The first kappa shape index (κ1) is 23.0. The van der Waals surface area contributed by atoms with Crippen LogP contribution in [0.3, 0.4) is 0 Å². The molecular formula is C30H28N4O3. The zero-order valence-electron chi connectivity index (χ0n) is 20.7. The van der Waals surface area contributed by atoms with Crippen LogP contribution in [0.4, 0.5) is 17.1 Å². The summed E-state index contributed by atoms with van der Waals surface area (Å²) in [7, 11) is 1.67. The summed E-state index contributed by atoms with van der Waals surface area (Å²) in [5.74, 6) is 1.31. The zero-order valence-corrected chi connectivity index (χ0v) is 20.7. The molecule has 6 rings (SSSR count). The summed E-state index contributed by atoms with van der Waals surface area (Å²) in [6, 6.07) is 20.0. The summed E-state index contributed by atoms with van der Waals surface area (Å²) in [6.07, 6.45) is 8.19. The molecule has 1 aliphatic carbocycles. The van der Waals surface area contributed by atoms with Crippen molar-refractivity contribution in [2.75, 3.05) is 17.3 Å². The topological polar surface area (TPSA) is 76.5 Å². The molecule has 0 unspecified atom stereocenters. The summed E-state index contributed by atoms with van der Waals surface area (Å²) in [5.41, 5.74) is 6.83. The van der Waals surface area contributed by atoms with Gasteiger partial charge in [-0.25, -0.2) is 4.98 Å². The normalized spacial score (nSPS) is 14.7. The summed E-state index contributed by atoms with van der Waals surface area (Å²) < 4.78 is 7.41. The van der Waals surface area contributed by atoms with Gasteiger partial charge in [-0.1, -0.05) is 18.2 Å². The SMILES string of the molecule is COc1cccc(CCc2nccn2-c2ccc(N3C(=O)CC(=O)Nc4c3ccc3c4CCC3)cc2)c1. The molecule has 186 valence electrons. The number of carbonyl (C=O) groups is 2. The standard InChI is InChI=1S/C30H28N4O3/c1-37-24-6-2-4-20(18-24)8-15-27-31-16-17-33(27)22-10-12-23(13-11-22)34-26-14-9-21-5-3-7-25(21)30(26)32-28(35)19-29(34)36/h2,4,6,9-14,16-18H,3,5,7-8,15,19H2,1H3,(H,32,35). The minimum absolute atomic E-state index is 0.179. The summed E-state index contributed by atoms with van der Waals surface area (Å²) >= 11 is 0. The van der Waals surface area contributed by atoms with E-state index in [-0.39, 0.29) is 18.2 Å². The molecule has 0 fully saturated rings. The highest BCUT2D eigenvalue weighted by Gasteiger charge is 2.31. The van der Waals surface area contributed by atoms with Crippen molar-refractivity contribution in [1.82, 2.24) is 9.55 Å². The van der Waals surface area contributed by atoms with Crippen LogP contribution in [0.25, 0.3) is 5.69 Å². The lowest BCUT2D eigenvalue weighted by Gasteiger charge is -2.24. The van der Waals surface area contributed by atoms with E-state index >= 15 is 0 Å². The third-order valence-electron chi connectivity index (χ3n) is 7.20. The molecule has 0 saturated carbocycles. The number of nitrogens with one attached hydrogen (secondary N) is 1. The van der Waals surface area contributed by atoms with Crippen molar-refractivity contribution in [3.05, 3.63) is 95.6 Å². The van der Waals surface area contributed by atoms with Crippen molar-refractivity contribution in [3.8, 4) is 11.4 Å². The van der Waals surface area contributed by atoms with Crippen molar-refractivity contribution < 1.29 is 14.3 Å². The molecular weight excluding hydrogens is 464 g/mol. The van der Waals surface area contributed by atoms with Crippen LogP contribution in [0.1, 0.15) is 35.4 Å². The van der Waals surface area contributed by atoms with Crippen LogP contribution in [0.2, 0.25) is 0 Å². The molecule has 37 heavy (non-hydrogen) atoms. The van der Waals surface area contributed by atoms with Gasteiger partial charge < -0.3 is 14.6 Å². The van der Waals surface area contributed by atoms with Crippen molar-refractivity contribution in [1.29, 1.82) is 0 Å². The molecule has 2 aliphatic rings. The van der Waals surface area contributed by atoms with Gasteiger partial charge >= 0.3 is 0 Å². The van der Waals surface area contributed by atoms with Gasteiger partial charge in [0.1, 0.15) is 18.0 Å². The molecule has 1 aliphatic heterocycles. The predicted molar refractivity (Wildman–Crippen MR) is 143 cm³/mol. The Morgan fingerprint density at radius 2 is 1.81 bits per heavy atom. The quantitative estimate of drug-likeness (QED) is 0.377. The van der Waals surface area contributed by atoms with Crippen molar-refractivity contribution in [2.45, 2.75) is 38.5 Å². The van der Waals surface area contributed by atoms with Crippen LogP contribution < -0.4 is 15.0 Å². The highest BCUT2D eigenvalue weighted by Crippen LogP contribution is 2.41. The number of nitrogens with zero attached hydrogens (tertiary/aromatic N) is 3. The van der Waals surface area contributed by atoms with Gasteiger partial charge in [0.25, 0.3) is 0 Å². The maximum atomic E-state index is 13.2. The summed E-state index contributed by atoms with van der Waals surface area (Å²) in [5, 5.41) is 3.01. The number of aryl methyl sites for hydroxylation is 3. The molecule has 1 aromatic heterocycles. The van der Waals surface area contributed by atoms with E-state index in [2.05, 4.69) is 27.0 Å². The number of hydrogen-bond acceptors (Lipinski definition) is 4. The Bertz CT molecular complexity index is 1490. The zero-order chi connectivity index (χ0) is 25.4.